The number of hydrogen-bond donors (Lipinski definition) is 4. The van der Waals surface area contributed by atoms with Gasteiger partial charge in [0.05, 0.1) is 0 Å². The topological polar surface area (TPSA) is 90.1 Å². The third-order valence-electron chi connectivity index (χ3n) is 0.202. The van der Waals surface area contributed by atoms with Crippen molar-refractivity contribution in [2.24, 2.45) is 16.9 Å². The summed E-state index contributed by atoms with van der Waals surface area (Å²) in [6, 6.07) is 0. The van der Waals surface area contributed by atoms with Crippen molar-refractivity contribution in [2.75, 3.05) is 0 Å². The molecule has 0 saturated carbocycles. The average molecular weight is 126 g/mol. The largest absolute Gasteiger partial charge is 0.279 e. The number of hydrazine groups is 1. The van der Waals surface area contributed by atoms with E-state index in [0.29, 0.717) is 0 Å². The molecule has 0 unspecified atom stereocenters. The molecule has 6 heavy (non-hydrogen) atoms. The van der Waals surface area contributed by atoms with E-state index in [0.717, 1.165) is 0 Å². The normalized spacial score (nSPS) is 11.8. The summed E-state index contributed by atoms with van der Waals surface area (Å²) in [7, 11) is 0. The predicted octanol–water partition coefficient (Wildman–Crippen LogP) is -1.41. The first-order valence-corrected chi connectivity index (χ1v) is 4.15. The minimum absolute atomic E-state index is 2.09. The molecule has 0 saturated heterocycles. The van der Waals surface area contributed by atoms with Crippen LogP contribution in [-0.4, -0.2) is 0 Å². The van der Waals surface area contributed by atoms with Gasteiger partial charge in [0.25, 0.3) is 0 Å². The third kappa shape index (κ3) is 4.49. The van der Waals surface area contributed by atoms with Crippen LogP contribution in [-0.2, 0) is 11.8 Å². The Hall–Kier alpha value is 0.490. The van der Waals surface area contributed by atoms with Gasteiger partial charge in [-0.3, -0.25) is 16.9 Å². The number of hydrogen-bond acceptors (Lipinski definition) is 2. The zero-order valence-electron chi connectivity index (χ0n) is 3.09. The molecule has 0 amide bonds. The minimum atomic E-state index is -2.29. The first-order chi connectivity index (χ1) is 2.56. The van der Waals surface area contributed by atoms with Crippen LogP contribution in [0.2, 0.25) is 0 Å². The fourth-order valence-electron chi connectivity index (χ4n) is 0. The molecule has 6 heteroatoms. The lowest BCUT2D eigenvalue weighted by atomic mass is 13.0. The Balaban J connectivity index is 3.48. The Kier molecular flexibility index (Phi) is 2.13. The highest BCUT2D eigenvalue weighted by molar-refractivity contribution is 8.11. The van der Waals surface area contributed by atoms with Crippen molar-refractivity contribution < 1.29 is 0 Å². The molecular weight excluding hydrogens is 119 g/mol. The van der Waals surface area contributed by atoms with Crippen LogP contribution in [0.5, 0.6) is 0 Å². The third-order valence-corrected chi connectivity index (χ3v) is 0.922. The maximum absolute atomic E-state index is 5.00. The predicted molar refractivity (Wildman–Crippen MR) is 30.0 cm³/mol. The van der Waals surface area contributed by atoms with E-state index in [1.165, 1.54) is 0 Å². The summed E-state index contributed by atoms with van der Waals surface area (Å²) in [5.74, 6) is 4.75. The van der Waals surface area contributed by atoms with Gasteiger partial charge in [0, 0.05) is 0 Å². The SMILES string of the molecule is NNP(N)(N)=S. The van der Waals surface area contributed by atoms with Crippen molar-refractivity contribution in [2.45, 2.75) is 0 Å². The highest BCUT2D eigenvalue weighted by atomic mass is 32.4. The van der Waals surface area contributed by atoms with Crippen LogP contribution in [0, 0.1) is 0 Å². The van der Waals surface area contributed by atoms with Crippen molar-refractivity contribution in [1.29, 1.82) is 0 Å². The van der Waals surface area contributed by atoms with E-state index in [9.17, 15) is 0 Å². The van der Waals surface area contributed by atoms with Crippen molar-refractivity contribution in [3.05, 3.63) is 0 Å². The highest BCUT2D eigenvalue weighted by Gasteiger charge is 1.92. The van der Waals surface area contributed by atoms with E-state index in [1.54, 1.807) is 0 Å². The van der Waals surface area contributed by atoms with Crippen LogP contribution in [0.1, 0.15) is 0 Å². The summed E-state index contributed by atoms with van der Waals surface area (Å²) in [6.45, 7) is -2.29. The summed E-state index contributed by atoms with van der Waals surface area (Å²) < 4.78 is 0. The van der Waals surface area contributed by atoms with Crippen LogP contribution >= 0.6 is 6.49 Å². The fourth-order valence-corrected chi connectivity index (χ4v) is 0. The molecule has 0 aliphatic heterocycles. The van der Waals surface area contributed by atoms with E-state index in [-0.39, 0.29) is 0 Å². The Morgan fingerprint density at radius 1 is 1.50 bits per heavy atom. The van der Waals surface area contributed by atoms with E-state index in [4.69, 9.17) is 16.9 Å². The second kappa shape index (κ2) is 1.97. The molecule has 0 heterocycles. The van der Waals surface area contributed by atoms with Gasteiger partial charge in [-0.25, -0.2) is 5.20 Å². The van der Waals surface area contributed by atoms with Gasteiger partial charge < -0.3 is 0 Å². The second-order valence-electron chi connectivity index (χ2n) is 0.838. The van der Waals surface area contributed by atoms with Crippen LogP contribution in [0.3, 0.4) is 0 Å². The van der Waals surface area contributed by atoms with E-state index < -0.39 is 6.49 Å². The molecule has 0 aliphatic carbocycles. The van der Waals surface area contributed by atoms with Crippen LogP contribution in [0.25, 0.3) is 0 Å². The summed E-state index contributed by atoms with van der Waals surface area (Å²) >= 11 is 4.42. The van der Waals surface area contributed by atoms with Gasteiger partial charge in [-0.15, -0.1) is 0 Å². The van der Waals surface area contributed by atoms with Crippen molar-refractivity contribution >= 4 is 18.3 Å². The molecule has 0 bridgehead atoms. The smallest absolute Gasteiger partial charge is 0.145 e. The lowest BCUT2D eigenvalue weighted by Crippen LogP contribution is -2.27. The Morgan fingerprint density at radius 2 is 1.67 bits per heavy atom. The quantitative estimate of drug-likeness (QED) is 0.197. The molecule has 0 aromatic heterocycles. The monoisotopic (exact) mass is 126 g/mol. The molecule has 0 radical (unpaired) electrons. The first-order valence-electron chi connectivity index (χ1n) is 1.21. The molecular formula is H7N4PS. The Labute approximate surface area is 41.2 Å². The van der Waals surface area contributed by atoms with E-state index in [2.05, 4.69) is 17.0 Å². The minimum Gasteiger partial charge on any atom is -0.279 e. The highest BCUT2D eigenvalue weighted by Crippen LogP contribution is 2.13. The van der Waals surface area contributed by atoms with Gasteiger partial charge in [-0.2, -0.15) is 0 Å². The van der Waals surface area contributed by atoms with Gasteiger partial charge in [-0.05, 0) is 11.8 Å². The zero-order valence-corrected chi connectivity index (χ0v) is 4.80. The van der Waals surface area contributed by atoms with E-state index >= 15 is 0 Å². The lowest BCUT2D eigenvalue weighted by molar-refractivity contribution is 1.08. The molecule has 0 fully saturated rings. The molecule has 7 N–H and O–H groups in total. The molecule has 0 aromatic carbocycles. The zero-order chi connectivity index (χ0) is 5.21. The second-order valence-corrected chi connectivity index (χ2v) is 4.33. The number of nitrogens with two attached hydrogens (primary N) is 3. The maximum atomic E-state index is 5.00. The van der Waals surface area contributed by atoms with Gasteiger partial charge >= 0.3 is 0 Å². The van der Waals surface area contributed by atoms with Crippen LogP contribution in [0.15, 0.2) is 0 Å². The standard InChI is InChI=1S/H7N4PS/c1-4-5(2,3)6/h1H2,(H5,2,3,4,6). The van der Waals surface area contributed by atoms with Gasteiger partial charge in [0.1, 0.15) is 6.49 Å². The lowest BCUT2D eigenvalue weighted by Gasteiger charge is -2.03. The molecule has 4 nitrogen and oxygen atoms in total. The van der Waals surface area contributed by atoms with Gasteiger partial charge in [0.15, 0.2) is 0 Å². The summed E-state index contributed by atoms with van der Waals surface area (Å²) in [5, 5.41) is 2.09. The van der Waals surface area contributed by atoms with Gasteiger partial charge in [0.2, 0.25) is 0 Å². The van der Waals surface area contributed by atoms with Crippen molar-refractivity contribution in [3.63, 3.8) is 0 Å². The molecule has 0 spiro atoms. The molecule has 0 rings (SSSR count). The number of nitrogens with one attached hydrogen (secondary N) is 1. The van der Waals surface area contributed by atoms with Gasteiger partial charge in [-0.1, -0.05) is 0 Å². The van der Waals surface area contributed by atoms with Crippen LogP contribution < -0.4 is 22.0 Å². The fraction of sp³-hybridized carbons (Fsp3) is 0. The Morgan fingerprint density at radius 3 is 1.67 bits per heavy atom. The molecule has 0 aliphatic rings. The van der Waals surface area contributed by atoms with Crippen molar-refractivity contribution in [3.8, 4) is 0 Å². The molecule has 0 aromatic rings. The number of rotatable bonds is 1. The maximum Gasteiger partial charge on any atom is 0.145 e. The first kappa shape index (κ1) is 6.49. The summed E-state index contributed by atoms with van der Waals surface area (Å²) in [5.41, 5.74) is 10.0. The summed E-state index contributed by atoms with van der Waals surface area (Å²) in [4.78, 5) is 0. The van der Waals surface area contributed by atoms with Crippen LogP contribution in [0.4, 0.5) is 0 Å². The van der Waals surface area contributed by atoms with E-state index in [1.807, 2.05) is 0 Å². The molecule has 0 atom stereocenters. The van der Waals surface area contributed by atoms with Crippen molar-refractivity contribution in [1.82, 2.24) is 5.20 Å². The average Bonchev–Trinajstić information content (AvgIpc) is 1.35. The Bertz CT molecular complexity index is 71.6. The summed E-state index contributed by atoms with van der Waals surface area (Å²) in [6.07, 6.45) is 0. The molecule has 38 valence electrons.